The Kier molecular flexibility index (Phi) is 11.5. The van der Waals surface area contributed by atoms with Gasteiger partial charge in [0, 0.05) is 51.7 Å². The molecular weight excluding hydrogens is 409 g/mol. The average Bonchev–Trinajstić information content (AvgIpc) is 2.49. The van der Waals surface area contributed by atoms with E-state index in [9.17, 15) is 4.79 Å². The van der Waals surface area contributed by atoms with E-state index in [-0.39, 0.29) is 35.3 Å². The highest BCUT2D eigenvalue weighted by Crippen LogP contribution is 2.11. The van der Waals surface area contributed by atoms with Crippen LogP contribution in [0.3, 0.4) is 0 Å². The molecule has 1 fully saturated rings. The Labute approximate surface area is 157 Å². The van der Waals surface area contributed by atoms with Gasteiger partial charge in [0.2, 0.25) is 5.91 Å². The lowest BCUT2D eigenvalue weighted by Crippen LogP contribution is -2.46. The summed E-state index contributed by atoms with van der Waals surface area (Å²) in [7, 11) is 1.75. The van der Waals surface area contributed by atoms with Crippen LogP contribution < -0.4 is 16.0 Å². The summed E-state index contributed by atoms with van der Waals surface area (Å²) in [6.07, 6.45) is 0. The lowest BCUT2D eigenvalue weighted by atomic mass is 9.96. The number of rotatable bonds is 6. The van der Waals surface area contributed by atoms with Crippen LogP contribution in [0.4, 0.5) is 0 Å². The van der Waals surface area contributed by atoms with Gasteiger partial charge in [0.25, 0.3) is 0 Å². The van der Waals surface area contributed by atoms with Crippen LogP contribution in [0.5, 0.6) is 0 Å². The Morgan fingerprint density at radius 1 is 1.09 bits per heavy atom. The van der Waals surface area contributed by atoms with Crippen LogP contribution in [0.15, 0.2) is 4.99 Å². The van der Waals surface area contributed by atoms with E-state index in [4.69, 9.17) is 4.74 Å². The molecule has 7 nitrogen and oxygen atoms in total. The molecule has 0 atom stereocenters. The van der Waals surface area contributed by atoms with Crippen molar-refractivity contribution in [3.63, 3.8) is 0 Å². The first-order chi connectivity index (χ1) is 10.4. The number of nitrogens with one attached hydrogen (secondary N) is 3. The summed E-state index contributed by atoms with van der Waals surface area (Å²) in [6, 6.07) is 0. The van der Waals surface area contributed by atoms with E-state index in [0.29, 0.717) is 13.1 Å². The number of morpholine rings is 1. The van der Waals surface area contributed by atoms with Crippen molar-refractivity contribution in [2.24, 2.45) is 10.4 Å². The Morgan fingerprint density at radius 3 is 2.22 bits per heavy atom. The van der Waals surface area contributed by atoms with Crippen LogP contribution >= 0.6 is 24.0 Å². The van der Waals surface area contributed by atoms with E-state index in [1.54, 1.807) is 7.05 Å². The van der Waals surface area contributed by atoms with E-state index in [0.717, 1.165) is 45.4 Å². The van der Waals surface area contributed by atoms with Gasteiger partial charge in [-0.15, -0.1) is 24.0 Å². The molecule has 1 aliphatic heterocycles. The molecule has 0 aromatic rings. The minimum absolute atomic E-state index is 0. The molecule has 0 radical (unpaired) electrons. The largest absolute Gasteiger partial charge is 0.379 e. The molecule has 1 saturated heterocycles. The van der Waals surface area contributed by atoms with Crippen LogP contribution in [-0.4, -0.2) is 76.3 Å². The number of hydrogen-bond donors (Lipinski definition) is 3. The van der Waals surface area contributed by atoms with Gasteiger partial charge in [0.1, 0.15) is 0 Å². The van der Waals surface area contributed by atoms with Crippen molar-refractivity contribution < 1.29 is 9.53 Å². The van der Waals surface area contributed by atoms with Crippen LogP contribution in [0.1, 0.15) is 20.8 Å². The first kappa shape index (κ1) is 22.4. The number of aliphatic imine (C=N–C) groups is 1. The van der Waals surface area contributed by atoms with E-state index in [2.05, 4.69) is 25.8 Å². The van der Waals surface area contributed by atoms with Crippen molar-refractivity contribution in [3.05, 3.63) is 0 Å². The van der Waals surface area contributed by atoms with Gasteiger partial charge in [0.05, 0.1) is 13.2 Å². The van der Waals surface area contributed by atoms with Crippen molar-refractivity contribution in [1.29, 1.82) is 0 Å². The third-order valence-electron chi connectivity index (χ3n) is 3.43. The van der Waals surface area contributed by atoms with E-state index in [1.165, 1.54) is 0 Å². The fraction of sp³-hybridized carbons (Fsp3) is 0.867. The second kappa shape index (κ2) is 11.9. The van der Waals surface area contributed by atoms with Gasteiger partial charge in [-0.2, -0.15) is 0 Å². The maximum Gasteiger partial charge on any atom is 0.225 e. The third-order valence-corrected chi connectivity index (χ3v) is 3.43. The van der Waals surface area contributed by atoms with Crippen LogP contribution in [-0.2, 0) is 9.53 Å². The highest BCUT2D eigenvalue weighted by atomic mass is 127. The minimum atomic E-state index is -0.349. The SMILES string of the molecule is CN=C(NCCNC(=O)C(C)(C)C)NCCN1CCOCC1.I. The lowest BCUT2D eigenvalue weighted by molar-refractivity contribution is -0.128. The van der Waals surface area contributed by atoms with Crippen molar-refractivity contribution in [2.45, 2.75) is 20.8 Å². The van der Waals surface area contributed by atoms with Gasteiger partial charge < -0.3 is 20.7 Å². The molecule has 3 N–H and O–H groups in total. The number of carbonyl (C=O) groups is 1. The molecular formula is C15H32IN5O2. The zero-order valence-corrected chi connectivity index (χ0v) is 17.1. The predicted molar refractivity (Wildman–Crippen MR) is 105 cm³/mol. The Hall–Kier alpha value is -0.610. The second-order valence-electron chi connectivity index (χ2n) is 6.39. The van der Waals surface area contributed by atoms with Gasteiger partial charge in [-0.25, -0.2) is 0 Å². The molecule has 0 saturated carbocycles. The number of amides is 1. The van der Waals surface area contributed by atoms with Crippen molar-refractivity contribution in [3.8, 4) is 0 Å². The molecule has 1 aliphatic rings. The molecule has 23 heavy (non-hydrogen) atoms. The summed E-state index contributed by atoms with van der Waals surface area (Å²) in [4.78, 5) is 18.3. The van der Waals surface area contributed by atoms with Gasteiger partial charge >= 0.3 is 0 Å². The number of halogens is 1. The standard InChI is InChI=1S/C15H31N5O2.HI/c1-15(2,3)13(21)17-5-6-18-14(16-4)19-7-8-20-9-11-22-12-10-20;/h5-12H2,1-4H3,(H,17,21)(H2,16,18,19);1H. The number of hydrogen-bond acceptors (Lipinski definition) is 4. The predicted octanol–water partition coefficient (Wildman–Crippen LogP) is 0.264. The fourth-order valence-electron chi connectivity index (χ4n) is 2.00. The smallest absolute Gasteiger partial charge is 0.225 e. The number of carbonyl (C=O) groups excluding carboxylic acids is 1. The molecule has 8 heteroatoms. The number of nitrogens with zero attached hydrogens (tertiary/aromatic N) is 2. The Balaban J connectivity index is 0.00000484. The molecule has 136 valence electrons. The molecule has 0 unspecified atom stereocenters. The summed E-state index contributed by atoms with van der Waals surface area (Å²) in [5.41, 5.74) is -0.349. The van der Waals surface area contributed by atoms with Gasteiger partial charge in [0.15, 0.2) is 5.96 Å². The van der Waals surface area contributed by atoms with E-state index < -0.39 is 0 Å². The summed E-state index contributed by atoms with van der Waals surface area (Å²) in [5.74, 6) is 0.822. The molecule has 0 aromatic carbocycles. The molecule has 1 heterocycles. The zero-order chi connectivity index (χ0) is 16.4. The van der Waals surface area contributed by atoms with Crippen molar-refractivity contribution >= 4 is 35.8 Å². The Bertz CT molecular complexity index is 365. The summed E-state index contributed by atoms with van der Waals surface area (Å²) in [6.45, 7) is 12.4. The Morgan fingerprint density at radius 2 is 1.65 bits per heavy atom. The maximum atomic E-state index is 11.7. The van der Waals surface area contributed by atoms with E-state index >= 15 is 0 Å². The molecule has 0 aromatic heterocycles. The number of guanidine groups is 1. The first-order valence-corrected chi connectivity index (χ1v) is 7.96. The third kappa shape index (κ3) is 9.98. The fourth-order valence-corrected chi connectivity index (χ4v) is 2.00. The average molecular weight is 441 g/mol. The summed E-state index contributed by atoms with van der Waals surface area (Å²) >= 11 is 0. The van der Waals surface area contributed by atoms with Crippen molar-refractivity contribution in [2.75, 3.05) is 59.5 Å². The minimum Gasteiger partial charge on any atom is -0.379 e. The first-order valence-electron chi connectivity index (χ1n) is 7.96. The van der Waals surface area contributed by atoms with Gasteiger partial charge in [-0.1, -0.05) is 20.8 Å². The molecule has 1 rings (SSSR count). The monoisotopic (exact) mass is 441 g/mol. The maximum absolute atomic E-state index is 11.7. The van der Waals surface area contributed by atoms with Crippen LogP contribution in [0, 0.1) is 5.41 Å². The topological polar surface area (TPSA) is 78.0 Å². The highest BCUT2D eigenvalue weighted by Gasteiger charge is 2.20. The van der Waals surface area contributed by atoms with Crippen LogP contribution in [0.2, 0.25) is 0 Å². The normalized spacial score (nSPS) is 16.4. The molecule has 0 aliphatic carbocycles. The van der Waals surface area contributed by atoms with E-state index in [1.807, 2.05) is 20.8 Å². The van der Waals surface area contributed by atoms with Gasteiger partial charge in [-0.3, -0.25) is 14.7 Å². The van der Waals surface area contributed by atoms with Crippen molar-refractivity contribution in [1.82, 2.24) is 20.9 Å². The zero-order valence-electron chi connectivity index (χ0n) is 14.8. The molecule has 0 bridgehead atoms. The quantitative estimate of drug-likeness (QED) is 0.239. The lowest BCUT2D eigenvalue weighted by Gasteiger charge is -2.26. The summed E-state index contributed by atoms with van der Waals surface area (Å²) < 4.78 is 5.32. The highest BCUT2D eigenvalue weighted by molar-refractivity contribution is 14.0. The second-order valence-corrected chi connectivity index (χ2v) is 6.39. The summed E-state index contributed by atoms with van der Waals surface area (Å²) in [5, 5.41) is 9.38. The number of ether oxygens (including phenoxy) is 1. The van der Waals surface area contributed by atoms with Gasteiger partial charge in [-0.05, 0) is 0 Å². The molecule has 1 amide bonds. The van der Waals surface area contributed by atoms with Crippen LogP contribution in [0.25, 0.3) is 0 Å². The molecule has 0 spiro atoms.